The Balaban J connectivity index is 0.00000205. The molecule has 4 heterocycles. The van der Waals surface area contributed by atoms with Gasteiger partial charge >= 0.3 is 6.09 Å². The van der Waals surface area contributed by atoms with E-state index in [1.807, 2.05) is 67.5 Å². The number of hydrogen-bond donors (Lipinski definition) is 2. The predicted octanol–water partition coefficient (Wildman–Crippen LogP) is 5.85. The van der Waals surface area contributed by atoms with E-state index in [4.69, 9.17) is 9.47 Å². The Labute approximate surface area is 284 Å². The van der Waals surface area contributed by atoms with Gasteiger partial charge in [0.15, 0.2) is 5.88 Å². The summed E-state index contributed by atoms with van der Waals surface area (Å²) in [4.78, 5) is 45.6. The lowest BCUT2D eigenvalue weighted by atomic mass is 9.85. The van der Waals surface area contributed by atoms with Crippen molar-refractivity contribution in [3.63, 3.8) is 0 Å². The summed E-state index contributed by atoms with van der Waals surface area (Å²) < 4.78 is 15.0. The van der Waals surface area contributed by atoms with Crippen LogP contribution in [0.4, 0.5) is 10.5 Å². The van der Waals surface area contributed by atoms with E-state index in [2.05, 4.69) is 27.1 Å². The third-order valence-corrected chi connectivity index (χ3v) is 7.65. The van der Waals surface area contributed by atoms with Gasteiger partial charge in [0.1, 0.15) is 22.5 Å². The zero-order valence-electron chi connectivity index (χ0n) is 29.6. The lowest BCUT2D eigenvalue weighted by Crippen LogP contribution is -2.36. The molecule has 0 atom stereocenters. The van der Waals surface area contributed by atoms with Crippen LogP contribution in [-0.2, 0) is 16.0 Å². The van der Waals surface area contributed by atoms with Crippen LogP contribution in [-0.4, -0.2) is 67.2 Å². The Kier molecular flexibility index (Phi) is 12.3. The molecule has 1 amide bonds. The molecule has 0 saturated heterocycles. The van der Waals surface area contributed by atoms with Gasteiger partial charge in [-0.1, -0.05) is 26.3 Å². The van der Waals surface area contributed by atoms with E-state index in [-0.39, 0.29) is 24.7 Å². The second-order valence-corrected chi connectivity index (χ2v) is 13.8. The van der Waals surface area contributed by atoms with E-state index in [9.17, 15) is 14.4 Å². The molecule has 12 nitrogen and oxygen atoms in total. The molecule has 1 fully saturated rings. The van der Waals surface area contributed by atoms with Crippen molar-refractivity contribution in [3.8, 4) is 0 Å². The Bertz CT molecular complexity index is 1710. The molecule has 2 aliphatic rings. The van der Waals surface area contributed by atoms with E-state index in [1.54, 1.807) is 29.0 Å². The van der Waals surface area contributed by atoms with Gasteiger partial charge in [-0.15, -0.1) is 0 Å². The van der Waals surface area contributed by atoms with Gasteiger partial charge in [-0.2, -0.15) is 0 Å². The monoisotopic (exact) mass is 666 g/mol. The molecule has 0 bridgehead atoms. The second kappa shape index (κ2) is 15.5. The average molecular weight is 667 g/mol. The summed E-state index contributed by atoms with van der Waals surface area (Å²) in [5, 5.41) is 6.27. The molecule has 0 aromatic carbocycles. The molecule has 264 valence electrons. The number of anilines is 1. The first-order valence-corrected chi connectivity index (χ1v) is 16.5. The van der Waals surface area contributed by atoms with Gasteiger partial charge in [0.2, 0.25) is 0 Å². The van der Waals surface area contributed by atoms with Crippen LogP contribution in [0.3, 0.4) is 0 Å². The number of pyridine rings is 1. The van der Waals surface area contributed by atoms with E-state index in [1.165, 1.54) is 16.9 Å². The Morgan fingerprint density at radius 3 is 2.42 bits per heavy atom. The van der Waals surface area contributed by atoms with Crippen molar-refractivity contribution in [1.29, 1.82) is 0 Å². The molecular formula is C36H54N6O6. The maximum absolute atomic E-state index is 13.7. The first-order valence-electron chi connectivity index (χ1n) is 16.5. The molecule has 1 aliphatic heterocycles. The molecule has 1 saturated carbocycles. The quantitative estimate of drug-likeness (QED) is 0.270. The Morgan fingerprint density at radius 2 is 1.79 bits per heavy atom. The van der Waals surface area contributed by atoms with Crippen LogP contribution in [0.15, 0.2) is 59.4 Å². The molecule has 0 spiro atoms. The van der Waals surface area contributed by atoms with E-state index in [0.29, 0.717) is 36.2 Å². The Hall–Kier alpha value is -4.58. The molecule has 12 heteroatoms. The number of nitrogens with one attached hydrogen (secondary N) is 2. The van der Waals surface area contributed by atoms with Crippen LogP contribution in [0.2, 0.25) is 0 Å². The van der Waals surface area contributed by atoms with Crippen LogP contribution in [0, 0.1) is 5.92 Å². The van der Waals surface area contributed by atoms with E-state index in [0.717, 1.165) is 36.3 Å². The molecule has 3 aromatic heterocycles. The third kappa shape index (κ3) is 9.50. The second-order valence-electron chi connectivity index (χ2n) is 13.8. The topological polar surface area (TPSA) is 151 Å². The standard InChI is InChI=1S/C34H44N6O5.C2H6.H2O.H2/c1-22(44-33(2,3)4)38(20-23-11-10-12-23)21-25-16-26-28(40(25)32(43)45-34(5,6)7)15-24(18-35-26)19-36-31(42)27-17-30(41)39-14-9-8-13-29(39)37-27;1-2;;/h8-9,13-17,23,35H,1,10-12,18-21H2,2-7H3,(H,36,42);1-2H3;1H2;1H. The highest BCUT2D eigenvalue weighted by atomic mass is 16.6. The maximum Gasteiger partial charge on any atom is 0.419 e. The highest BCUT2D eigenvalue weighted by Crippen LogP contribution is 2.33. The molecule has 5 rings (SSSR count). The van der Waals surface area contributed by atoms with Crippen LogP contribution in [0.25, 0.3) is 11.7 Å². The van der Waals surface area contributed by atoms with Gasteiger partial charge in [0.05, 0.1) is 23.6 Å². The summed E-state index contributed by atoms with van der Waals surface area (Å²) in [5.74, 6) is 0.655. The number of ether oxygens (including phenoxy) is 2. The van der Waals surface area contributed by atoms with Crippen molar-refractivity contribution in [2.75, 3.05) is 25.0 Å². The smallest absolute Gasteiger partial charge is 0.419 e. The molecule has 48 heavy (non-hydrogen) atoms. The van der Waals surface area contributed by atoms with E-state index < -0.39 is 23.2 Å². The number of fused-ring (bicyclic) bond motifs is 2. The van der Waals surface area contributed by atoms with E-state index >= 15 is 0 Å². The zero-order valence-corrected chi connectivity index (χ0v) is 29.6. The van der Waals surface area contributed by atoms with Crippen LogP contribution < -0.4 is 16.2 Å². The summed E-state index contributed by atoms with van der Waals surface area (Å²) >= 11 is 0. The largest absolute Gasteiger partial charge is 0.474 e. The van der Waals surface area contributed by atoms with Gasteiger partial charge in [0, 0.05) is 33.3 Å². The van der Waals surface area contributed by atoms with Crippen molar-refractivity contribution < 1.29 is 26.0 Å². The lowest BCUT2D eigenvalue weighted by molar-refractivity contribution is -0.00766. The van der Waals surface area contributed by atoms with Crippen molar-refractivity contribution >= 4 is 29.4 Å². The highest BCUT2D eigenvalue weighted by Gasteiger charge is 2.30. The van der Waals surface area contributed by atoms with Crippen molar-refractivity contribution in [2.45, 2.75) is 92.4 Å². The summed E-state index contributed by atoms with van der Waals surface area (Å²) in [6, 6.07) is 8.35. The molecule has 1 aliphatic carbocycles. The summed E-state index contributed by atoms with van der Waals surface area (Å²) in [7, 11) is 0. The number of amides is 1. The molecule has 3 aromatic rings. The number of nitrogens with zero attached hydrogens (tertiary/aromatic N) is 4. The minimum atomic E-state index is -0.704. The van der Waals surface area contributed by atoms with Gasteiger partial charge in [-0.3, -0.25) is 14.0 Å². The predicted molar refractivity (Wildman–Crippen MR) is 191 cm³/mol. The third-order valence-electron chi connectivity index (χ3n) is 7.65. The van der Waals surface area contributed by atoms with Gasteiger partial charge < -0.3 is 30.5 Å². The minimum absolute atomic E-state index is 0. The Morgan fingerprint density at radius 1 is 1.10 bits per heavy atom. The number of carbonyl (C=O) groups excluding carboxylic acids is 2. The number of rotatable bonds is 9. The van der Waals surface area contributed by atoms with Crippen molar-refractivity contribution in [1.82, 2.24) is 24.2 Å². The van der Waals surface area contributed by atoms with Gasteiger partial charge in [-0.25, -0.2) is 14.3 Å². The van der Waals surface area contributed by atoms with Gasteiger partial charge in [-0.05, 0) is 96.7 Å². The average Bonchev–Trinajstić information content (AvgIpc) is 3.33. The maximum atomic E-state index is 13.7. The summed E-state index contributed by atoms with van der Waals surface area (Å²) in [5.41, 5.74) is 1.99. The van der Waals surface area contributed by atoms with Crippen LogP contribution in [0.5, 0.6) is 0 Å². The fourth-order valence-corrected chi connectivity index (χ4v) is 5.38. The van der Waals surface area contributed by atoms with Crippen LogP contribution >= 0.6 is 0 Å². The lowest BCUT2D eigenvalue weighted by Gasteiger charge is -2.36. The molecule has 0 radical (unpaired) electrons. The summed E-state index contributed by atoms with van der Waals surface area (Å²) in [6.07, 6.45) is 6.55. The molecule has 4 N–H and O–H groups in total. The first kappa shape index (κ1) is 37.9. The van der Waals surface area contributed by atoms with Gasteiger partial charge in [0.25, 0.3) is 11.5 Å². The summed E-state index contributed by atoms with van der Waals surface area (Å²) in [6.45, 7) is 21.6. The SMILES string of the molecule is C=C(OC(C)(C)C)N(Cc1cc2c(n1C(=O)OC(C)(C)C)C=C(CNC(=O)c1cc(=O)n3ccccc3n1)CN2)CC1CCC1.CC.O.[HH]. The zero-order chi connectivity index (χ0) is 34.5. The van der Waals surface area contributed by atoms with Crippen molar-refractivity contribution in [2.24, 2.45) is 5.92 Å². The fraction of sp³-hybridized carbons (Fsp3) is 0.500. The number of carbonyl (C=O) groups is 2. The molecule has 0 unspecified atom stereocenters. The van der Waals surface area contributed by atoms with Crippen molar-refractivity contribution in [3.05, 3.63) is 82.0 Å². The van der Waals surface area contributed by atoms with Crippen LogP contribution in [0.1, 0.15) is 98.0 Å². The normalized spacial score (nSPS) is 14.1. The molecular weight excluding hydrogens is 612 g/mol. The number of aromatic nitrogens is 3. The highest BCUT2D eigenvalue weighted by molar-refractivity contribution is 5.93. The first-order chi connectivity index (χ1) is 22.2. The minimum Gasteiger partial charge on any atom is -0.474 e. The fourth-order valence-electron chi connectivity index (χ4n) is 5.38. The number of hydrogen-bond acceptors (Lipinski definition) is 8.